The van der Waals surface area contributed by atoms with Crippen LogP contribution in [0.2, 0.25) is 0 Å². The Hall–Kier alpha value is -2.67. The summed E-state index contributed by atoms with van der Waals surface area (Å²) in [7, 11) is 0. The molecule has 0 radical (unpaired) electrons. The Kier molecular flexibility index (Phi) is 5.08. The molecule has 1 aliphatic heterocycles. The van der Waals surface area contributed by atoms with Gasteiger partial charge < -0.3 is 10.6 Å². The van der Waals surface area contributed by atoms with Gasteiger partial charge in [0, 0.05) is 11.4 Å². The minimum absolute atomic E-state index is 0.281. The summed E-state index contributed by atoms with van der Waals surface area (Å²) in [4.78, 5) is 39.3. The van der Waals surface area contributed by atoms with Crippen LogP contribution in [-0.2, 0) is 21.5 Å². The third-order valence-corrected chi connectivity index (χ3v) is 5.42. The first kappa shape index (κ1) is 18.1. The van der Waals surface area contributed by atoms with Crippen LogP contribution >= 0.6 is 11.3 Å². The SMILES string of the molecule is Cc1ccc([C@]2(C)NC(=O)N(CC(=O)NCCc3cccs3)C2=O)cc1. The molecule has 3 rings (SSSR count). The smallest absolute Gasteiger partial charge is 0.325 e. The zero-order valence-corrected chi connectivity index (χ0v) is 15.6. The molecule has 0 saturated carbocycles. The van der Waals surface area contributed by atoms with E-state index in [2.05, 4.69) is 10.6 Å². The fraction of sp³-hybridized carbons (Fsp3) is 0.316. The molecule has 2 N–H and O–H groups in total. The monoisotopic (exact) mass is 371 g/mol. The van der Waals surface area contributed by atoms with E-state index >= 15 is 0 Å². The number of nitrogens with zero attached hydrogens (tertiary/aromatic N) is 1. The minimum atomic E-state index is -1.15. The number of thiophene rings is 1. The van der Waals surface area contributed by atoms with Crippen LogP contribution in [0.15, 0.2) is 41.8 Å². The number of carbonyl (C=O) groups excluding carboxylic acids is 3. The van der Waals surface area contributed by atoms with Crippen LogP contribution in [0.5, 0.6) is 0 Å². The van der Waals surface area contributed by atoms with Crippen molar-refractivity contribution < 1.29 is 14.4 Å². The number of rotatable bonds is 6. The van der Waals surface area contributed by atoms with Crippen molar-refractivity contribution in [3.8, 4) is 0 Å². The maximum absolute atomic E-state index is 12.8. The van der Waals surface area contributed by atoms with Crippen molar-refractivity contribution in [1.82, 2.24) is 15.5 Å². The molecule has 1 fully saturated rings. The molecule has 4 amide bonds. The molecule has 0 spiro atoms. The zero-order chi connectivity index (χ0) is 18.7. The highest BCUT2D eigenvalue weighted by molar-refractivity contribution is 7.09. The van der Waals surface area contributed by atoms with E-state index in [-0.39, 0.29) is 12.5 Å². The van der Waals surface area contributed by atoms with Crippen LogP contribution in [-0.4, -0.2) is 35.8 Å². The number of imide groups is 1. The van der Waals surface area contributed by atoms with Gasteiger partial charge in [-0.2, -0.15) is 0 Å². The summed E-state index contributed by atoms with van der Waals surface area (Å²) in [6.45, 7) is 3.80. The van der Waals surface area contributed by atoms with Gasteiger partial charge in [-0.15, -0.1) is 11.3 Å². The van der Waals surface area contributed by atoms with Gasteiger partial charge in [-0.3, -0.25) is 14.5 Å². The molecule has 1 aliphatic rings. The molecule has 1 aromatic heterocycles. The van der Waals surface area contributed by atoms with Gasteiger partial charge in [0.15, 0.2) is 0 Å². The van der Waals surface area contributed by atoms with E-state index in [1.54, 1.807) is 18.3 Å². The van der Waals surface area contributed by atoms with Gasteiger partial charge in [0.05, 0.1) is 0 Å². The average molecular weight is 371 g/mol. The standard InChI is InChI=1S/C19H21N3O3S/c1-13-5-7-14(8-6-13)19(2)17(24)22(18(25)21-19)12-16(23)20-10-9-15-4-3-11-26-15/h3-8,11H,9-10,12H2,1-2H3,(H,20,23)(H,21,25)/t19-/m0/s1. The summed E-state index contributed by atoms with van der Waals surface area (Å²) in [6.07, 6.45) is 0.727. The lowest BCUT2D eigenvalue weighted by Gasteiger charge is -2.22. The highest BCUT2D eigenvalue weighted by Crippen LogP contribution is 2.28. The van der Waals surface area contributed by atoms with E-state index in [0.717, 1.165) is 16.9 Å². The lowest BCUT2D eigenvalue weighted by atomic mass is 9.91. The Morgan fingerprint density at radius 3 is 2.62 bits per heavy atom. The van der Waals surface area contributed by atoms with Gasteiger partial charge in [-0.1, -0.05) is 35.9 Å². The predicted octanol–water partition coefficient (Wildman–Crippen LogP) is 2.18. The number of aryl methyl sites for hydroxylation is 1. The molecule has 0 aliphatic carbocycles. The molecule has 2 heterocycles. The molecule has 0 bridgehead atoms. The Bertz CT molecular complexity index is 817. The van der Waals surface area contributed by atoms with Gasteiger partial charge in [0.2, 0.25) is 5.91 Å². The van der Waals surface area contributed by atoms with Gasteiger partial charge in [0.25, 0.3) is 5.91 Å². The van der Waals surface area contributed by atoms with Crippen molar-refractivity contribution in [2.75, 3.05) is 13.1 Å². The maximum Gasteiger partial charge on any atom is 0.325 e. The third-order valence-electron chi connectivity index (χ3n) is 4.48. The number of carbonyl (C=O) groups is 3. The molecule has 1 saturated heterocycles. The summed E-state index contributed by atoms with van der Waals surface area (Å²) >= 11 is 1.63. The number of hydrogen-bond acceptors (Lipinski definition) is 4. The van der Waals surface area contributed by atoms with Crippen molar-refractivity contribution in [3.63, 3.8) is 0 Å². The predicted molar refractivity (Wildman–Crippen MR) is 99.8 cm³/mol. The van der Waals surface area contributed by atoms with Crippen molar-refractivity contribution in [1.29, 1.82) is 0 Å². The van der Waals surface area contributed by atoms with Gasteiger partial charge in [-0.25, -0.2) is 4.79 Å². The van der Waals surface area contributed by atoms with Gasteiger partial charge >= 0.3 is 6.03 Å². The molecular weight excluding hydrogens is 350 g/mol. The molecule has 136 valence electrons. The number of benzene rings is 1. The van der Waals surface area contributed by atoms with Crippen LogP contribution in [0, 0.1) is 6.92 Å². The first-order chi connectivity index (χ1) is 12.4. The quantitative estimate of drug-likeness (QED) is 0.764. The maximum atomic E-state index is 12.8. The van der Waals surface area contributed by atoms with Crippen molar-refractivity contribution in [3.05, 3.63) is 57.8 Å². The summed E-state index contributed by atoms with van der Waals surface area (Å²) in [6, 6.07) is 10.8. The van der Waals surface area contributed by atoms with Crippen LogP contribution < -0.4 is 10.6 Å². The molecule has 26 heavy (non-hydrogen) atoms. The summed E-state index contributed by atoms with van der Waals surface area (Å²) in [5.41, 5.74) is 0.611. The van der Waals surface area contributed by atoms with Gasteiger partial charge in [-0.05, 0) is 37.3 Å². The second-order valence-electron chi connectivity index (χ2n) is 6.49. The number of amides is 4. The molecule has 1 atom stereocenters. The molecule has 1 aromatic carbocycles. The summed E-state index contributed by atoms with van der Waals surface area (Å²) in [5, 5.41) is 7.45. The zero-order valence-electron chi connectivity index (χ0n) is 14.7. The highest BCUT2D eigenvalue weighted by atomic mass is 32.1. The number of hydrogen-bond donors (Lipinski definition) is 2. The van der Waals surface area contributed by atoms with E-state index in [1.807, 2.05) is 48.7 Å². The molecule has 6 nitrogen and oxygen atoms in total. The van der Waals surface area contributed by atoms with E-state index in [4.69, 9.17) is 0 Å². The van der Waals surface area contributed by atoms with Gasteiger partial charge in [0.1, 0.15) is 12.1 Å². The van der Waals surface area contributed by atoms with Crippen LogP contribution in [0.3, 0.4) is 0 Å². The second kappa shape index (κ2) is 7.29. The first-order valence-corrected chi connectivity index (χ1v) is 9.28. The number of nitrogens with one attached hydrogen (secondary N) is 2. The van der Waals surface area contributed by atoms with Crippen molar-refractivity contribution in [2.45, 2.75) is 25.8 Å². The molecule has 2 aromatic rings. The molecule has 0 unspecified atom stereocenters. The summed E-state index contributed by atoms with van der Waals surface area (Å²) in [5.74, 6) is -0.766. The van der Waals surface area contributed by atoms with E-state index in [1.165, 1.54) is 4.88 Å². The van der Waals surface area contributed by atoms with E-state index < -0.39 is 17.5 Å². The fourth-order valence-corrected chi connectivity index (χ4v) is 3.61. The Morgan fingerprint density at radius 2 is 1.96 bits per heavy atom. The van der Waals surface area contributed by atoms with Crippen LogP contribution in [0.4, 0.5) is 4.79 Å². The lowest BCUT2D eigenvalue weighted by molar-refractivity contribution is -0.134. The van der Waals surface area contributed by atoms with Crippen LogP contribution in [0.25, 0.3) is 0 Å². The Morgan fingerprint density at radius 1 is 1.23 bits per heavy atom. The highest BCUT2D eigenvalue weighted by Gasteiger charge is 2.49. The third kappa shape index (κ3) is 3.62. The fourth-order valence-electron chi connectivity index (χ4n) is 2.90. The van der Waals surface area contributed by atoms with Crippen LogP contribution in [0.1, 0.15) is 22.9 Å². The molecule has 7 heteroatoms. The van der Waals surface area contributed by atoms with E-state index in [9.17, 15) is 14.4 Å². The minimum Gasteiger partial charge on any atom is -0.354 e. The first-order valence-electron chi connectivity index (χ1n) is 8.40. The summed E-state index contributed by atoms with van der Waals surface area (Å²) < 4.78 is 0. The topological polar surface area (TPSA) is 78.5 Å². The molecular formula is C19H21N3O3S. The Labute approximate surface area is 156 Å². The largest absolute Gasteiger partial charge is 0.354 e. The van der Waals surface area contributed by atoms with E-state index in [0.29, 0.717) is 12.1 Å². The number of urea groups is 1. The lowest BCUT2D eigenvalue weighted by Crippen LogP contribution is -2.43. The Balaban J connectivity index is 1.61. The van der Waals surface area contributed by atoms with Crippen molar-refractivity contribution in [2.24, 2.45) is 0 Å². The second-order valence-corrected chi connectivity index (χ2v) is 7.52. The normalized spacial score (nSPS) is 19.5. The average Bonchev–Trinajstić information content (AvgIpc) is 3.19. The van der Waals surface area contributed by atoms with Crippen molar-refractivity contribution >= 4 is 29.2 Å².